The van der Waals surface area contributed by atoms with E-state index in [1.807, 2.05) is 25.2 Å². The number of esters is 1. The number of carbonyl (C=O) groups excluding carboxylic acids is 3. The van der Waals surface area contributed by atoms with Crippen molar-refractivity contribution < 1.29 is 19.1 Å². The number of hydrogen-bond acceptors (Lipinski definition) is 5. The Balaban J connectivity index is 2.15. The normalized spacial score (nSPS) is 18.6. The first-order valence-electron chi connectivity index (χ1n) is 8.80. The van der Waals surface area contributed by atoms with Crippen LogP contribution in [-0.2, 0) is 39.1 Å². The van der Waals surface area contributed by atoms with E-state index in [1.165, 1.54) is 11.8 Å². The number of aryl methyl sites for hydroxylation is 1. The first-order valence-corrected chi connectivity index (χ1v) is 9.59. The molecule has 3 rings (SSSR count). The van der Waals surface area contributed by atoms with Gasteiger partial charge < -0.3 is 19.5 Å². The molecule has 8 nitrogen and oxygen atoms in total. The Bertz CT molecular complexity index is 942. The van der Waals surface area contributed by atoms with Crippen LogP contribution < -0.4 is 10.2 Å². The van der Waals surface area contributed by atoms with Crippen LogP contribution in [-0.4, -0.2) is 39.5 Å². The van der Waals surface area contributed by atoms with Gasteiger partial charge in [0.1, 0.15) is 0 Å². The number of nitrogens with zero attached hydrogens (tertiary/aromatic N) is 3. The fourth-order valence-electron chi connectivity index (χ4n) is 3.38. The van der Waals surface area contributed by atoms with Crippen molar-refractivity contribution in [2.24, 2.45) is 7.05 Å². The van der Waals surface area contributed by atoms with Crippen LogP contribution in [0, 0.1) is 0 Å². The minimum absolute atomic E-state index is 0.0148. The molecule has 1 aliphatic rings. The van der Waals surface area contributed by atoms with E-state index >= 15 is 0 Å². The molecule has 2 amide bonds. The van der Waals surface area contributed by atoms with Gasteiger partial charge in [-0.1, -0.05) is 15.9 Å². The number of anilines is 1. The molecule has 1 N–H and O–H groups in total. The van der Waals surface area contributed by atoms with Crippen LogP contribution in [0.3, 0.4) is 0 Å². The van der Waals surface area contributed by atoms with E-state index < -0.39 is 23.3 Å². The zero-order valence-electron chi connectivity index (χ0n) is 15.9. The van der Waals surface area contributed by atoms with Crippen LogP contribution in [0.2, 0.25) is 0 Å². The Morgan fingerprint density at radius 3 is 2.75 bits per heavy atom. The van der Waals surface area contributed by atoms with E-state index in [1.54, 1.807) is 24.0 Å². The fourth-order valence-corrected chi connectivity index (χ4v) is 3.79. The molecule has 148 valence electrons. The van der Waals surface area contributed by atoms with Gasteiger partial charge in [-0.05, 0) is 30.7 Å². The van der Waals surface area contributed by atoms with Gasteiger partial charge in [0, 0.05) is 36.7 Å². The molecular weight excluding hydrogens is 428 g/mol. The highest BCUT2D eigenvalue weighted by Gasteiger charge is 2.54. The lowest BCUT2D eigenvalue weighted by Gasteiger charge is -2.41. The van der Waals surface area contributed by atoms with Gasteiger partial charge in [-0.25, -0.2) is 9.78 Å². The van der Waals surface area contributed by atoms with Crippen LogP contribution in [0.4, 0.5) is 5.69 Å². The van der Waals surface area contributed by atoms with Gasteiger partial charge >= 0.3 is 5.97 Å². The molecule has 0 saturated heterocycles. The summed E-state index contributed by atoms with van der Waals surface area (Å²) < 4.78 is 7.78. The summed E-state index contributed by atoms with van der Waals surface area (Å²) >= 11 is 3.43. The average molecular weight is 449 g/mol. The number of carbonyl (C=O) groups is 3. The number of aromatic nitrogens is 2. The smallest absolute Gasteiger partial charge is 0.342 e. The molecule has 0 fully saturated rings. The van der Waals surface area contributed by atoms with Crippen molar-refractivity contribution in [3.63, 3.8) is 0 Å². The van der Waals surface area contributed by atoms with Crippen LogP contribution in [0.1, 0.15) is 25.1 Å². The highest BCUT2D eigenvalue weighted by molar-refractivity contribution is 9.10. The molecule has 0 bridgehead atoms. The second-order valence-electron chi connectivity index (χ2n) is 6.64. The number of amides is 2. The Kier molecular flexibility index (Phi) is 5.55. The van der Waals surface area contributed by atoms with Crippen molar-refractivity contribution in [3.05, 3.63) is 46.5 Å². The van der Waals surface area contributed by atoms with Crippen molar-refractivity contribution in [2.45, 2.75) is 32.4 Å². The number of halogens is 1. The molecule has 1 aromatic heterocycles. The standard InChI is InChI=1S/C19H21BrN4O4/c1-4-28-18(27)19(22-12(2)25)8-13-7-14(20)5-6-16(13)24(17(19)26)10-15-9-21-11-23(15)3/h5-7,9,11H,4,8,10H2,1-3H3,(H,22,25). The Hall–Kier alpha value is -2.68. The molecule has 0 spiro atoms. The van der Waals surface area contributed by atoms with Gasteiger partial charge in [-0.3, -0.25) is 9.59 Å². The van der Waals surface area contributed by atoms with Gasteiger partial charge in [-0.15, -0.1) is 0 Å². The Labute approximate surface area is 171 Å². The van der Waals surface area contributed by atoms with E-state index in [2.05, 4.69) is 26.2 Å². The highest BCUT2D eigenvalue weighted by Crippen LogP contribution is 2.36. The summed E-state index contributed by atoms with van der Waals surface area (Å²) in [6.45, 7) is 3.23. The summed E-state index contributed by atoms with van der Waals surface area (Å²) in [6.07, 6.45) is 3.31. The molecule has 28 heavy (non-hydrogen) atoms. The fraction of sp³-hybridized carbons (Fsp3) is 0.368. The second-order valence-corrected chi connectivity index (χ2v) is 7.56. The molecule has 0 saturated carbocycles. The van der Waals surface area contributed by atoms with Crippen molar-refractivity contribution in [1.82, 2.24) is 14.9 Å². The van der Waals surface area contributed by atoms with Crippen molar-refractivity contribution in [1.29, 1.82) is 0 Å². The van der Waals surface area contributed by atoms with Gasteiger partial charge in [-0.2, -0.15) is 0 Å². The maximum absolute atomic E-state index is 13.6. The molecule has 2 heterocycles. The number of ether oxygens (including phenoxy) is 1. The van der Waals surface area contributed by atoms with Crippen molar-refractivity contribution >= 4 is 39.4 Å². The minimum Gasteiger partial charge on any atom is -0.464 e. The monoisotopic (exact) mass is 448 g/mol. The minimum atomic E-state index is -1.81. The molecule has 0 aliphatic carbocycles. The van der Waals surface area contributed by atoms with Crippen molar-refractivity contribution in [3.8, 4) is 0 Å². The molecule has 9 heteroatoms. The molecule has 1 atom stereocenters. The van der Waals surface area contributed by atoms with Crippen LogP contribution >= 0.6 is 15.9 Å². The quantitative estimate of drug-likeness (QED) is 0.554. The largest absolute Gasteiger partial charge is 0.464 e. The first kappa shape index (κ1) is 20.1. The Morgan fingerprint density at radius 2 is 2.14 bits per heavy atom. The van der Waals surface area contributed by atoms with Gasteiger partial charge in [0.05, 0.1) is 25.2 Å². The number of hydrogen-bond donors (Lipinski definition) is 1. The lowest BCUT2D eigenvalue weighted by Crippen LogP contribution is -2.68. The molecule has 2 aromatic rings. The van der Waals surface area contributed by atoms with E-state index in [0.29, 0.717) is 5.69 Å². The van der Waals surface area contributed by atoms with E-state index in [0.717, 1.165) is 15.7 Å². The molecule has 0 radical (unpaired) electrons. The molecule has 1 unspecified atom stereocenters. The zero-order valence-corrected chi connectivity index (χ0v) is 17.4. The summed E-state index contributed by atoms with van der Waals surface area (Å²) in [5, 5.41) is 2.57. The molecule has 1 aliphatic heterocycles. The highest BCUT2D eigenvalue weighted by atomic mass is 79.9. The SMILES string of the molecule is CCOC(=O)C1(NC(C)=O)Cc2cc(Br)ccc2N(Cc2cncn2C)C1=O. The van der Waals surface area contributed by atoms with Crippen LogP contribution in [0.5, 0.6) is 0 Å². The molecular formula is C19H21BrN4O4. The first-order chi connectivity index (χ1) is 13.3. The third kappa shape index (κ3) is 3.54. The van der Waals surface area contributed by atoms with E-state index in [4.69, 9.17) is 4.74 Å². The Morgan fingerprint density at radius 1 is 1.39 bits per heavy atom. The average Bonchev–Trinajstić information content (AvgIpc) is 3.03. The number of nitrogens with one attached hydrogen (secondary N) is 1. The lowest BCUT2D eigenvalue weighted by molar-refractivity contribution is -0.157. The number of imidazole rings is 1. The van der Waals surface area contributed by atoms with Crippen LogP contribution in [0.15, 0.2) is 35.2 Å². The molecule has 1 aromatic carbocycles. The maximum atomic E-state index is 13.6. The number of fused-ring (bicyclic) bond motifs is 1. The topological polar surface area (TPSA) is 93.5 Å². The van der Waals surface area contributed by atoms with E-state index in [-0.39, 0.29) is 19.6 Å². The zero-order chi connectivity index (χ0) is 20.5. The second kappa shape index (κ2) is 7.75. The third-order valence-electron chi connectivity index (χ3n) is 4.65. The third-order valence-corrected chi connectivity index (χ3v) is 5.14. The van der Waals surface area contributed by atoms with Gasteiger partial charge in [0.2, 0.25) is 11.4 Å². The summed E-state index contributed by atoms with van der Waals surface area (Å²) in [6, 6.07) is 5.49. The lowest BCUT2D eigenvalue weighted by atomic mass is 9.84. The van der Waals surface area contributed by atoms with Gasteiger partial charge in [0.25, 0.3) is 5.91 Å². The van der Waals surface area contributed by atoms with Gasteiger partial charge in [0.15, 0.2) is 0 Å². The number of benzene rings is 1. The maximum Gasteiger partial charge on any atom is 0.342 e. The number of rotatable bonds is 5. The summed E-state index contributed by atoms with van der Waals surface area (Å²) in [4.78, 5) is 43.9. The summed E-state index contributed by atoms with van der Waals surface area (Å²) in [5.74, 6) is -1.78. The predicted octanol–water partition coefficient (Wildman–Crippen LogP) is 1.71. The predicted molar refractivity (Wildman–Crippen MR) is 105 cm³/mol. The summed E-state index contributed by atoms with van der Waals surface area (Å²) in [5.41, 5.74) is 0.399. The van der Waals surface area contributed by atoms with Crippen molar-refractivity contribution in [2.75, 3.05) is 11.5 Å². The van der Waals surface area contributed by atoms with E-state index in [9.17, 15) is 14.4 Å². The van der Waals surface area contributed by atoms with Crippen LogP contribution in [0.25, 0.3) is 0 Å². The summed E-state index contributed by atoms with van der Waals surface area (Å²) in [7, 11) is 1.83.